The summed E-state index contributed by atoms with van der Waals surface area (Å²) in [6.07, 6.45) is 14.4. The minimum Gasteiger partial charge on any atom is -0.469 e. The molecule has 7 heteroatoms. The summed E-state index contributed by atoms with van der Waals surface area (Å²) in [4.78, 5) is 23.1. The van der Waals surface area contributed by atoms with Crippen molar-refractivity contribution < 1.29 is 18.5 Å². The molecule has 150 valence electrons. The van der Waals surface area contributed by atoms with E-state index in [1.54, 1.807) is 0 Å². The number of carbonyl (C=O) groups excluding carboxylic acids is 2. The van der Waals surface area contributed by atoms with Gasteiger partial charge in [-0.25, -0.2) is 4.21 Å². The molecule has 1 amide bonds. The summed E-state index contributed by atoms with van der Waals surface area (Å²) in [5, 5.41) is 0. The Morgan fingerprint density at radius 2 is 1.65 bits per heavy atom. The van der Waals surface area contributed by atoms with E-state index in [1.165, 1.54) is 87.0 Å². The standard InChI is InChI=1S/C19H33NO4S2/c1-3-4-5-6-7-8-9-10-11-12-15-25-19-16-17(21)20(26(19)23)14-13-18(22)24-2/h16H,3-15H2,1-2H3. The van der Waals surface area contributed by atoms with Crippen LogP contribution in [0.4, 0.5) is 0 Å². The lowest BCUT2D eigenvalue weighted by molar-refractivity contribution is -0.140. The van der Waals surface area contributed by atoms with E-state index in [1.807, 2.05) is 0 Å². The van der Waals surface area contributed by atoms with Crippen LogP contribution in [0.3, 0.4) is 0 Å². The van der Waals surface area contributed by atoms with E-state index in [9.17, 15) is 13.8 Å². The summed E-state index contributed by atoms with van der Waals surface area (Å²) >= 11 is 1.50. The number of hydrogen-bond acceptors (Lipinski definition) is 5. The number of unbranched alkanes of at least 4 members (excludes halogenated alkanes) is 9. The molecule has 0 bridgehead atoms. The van der Waals surface area contributed by atoms with Crippen molar-refractivity contribution >= 4 is 34.6 Å². The van der Waals surface area contributed by atoms with Crippen LogP contribution in [0.15, 0.2) is 10.3 Å². The fourth-order valence-electron chi connectivity index (χ4n) is 2.76. The second-order valence-electron chi connectivity index (χ2n) is 6.51. The quantitative estimate of drug-likeness (QED) is 0.296. The maximum atomic E-state index is 12.3. The van der Waals surface area contributed by atoms with Gasteiger partial charge in [0.05, 0.1) is 17.8 Å². The van der Waals surface area contributed by atoms with E-state index in [-0.39, 0.29) is 18.9 Å². The normalized spacial score (nSPS) is 16.8. The Labute approximate surface area is 164 Å². The van der Waals surface area contributed by atoms with E-state index in [4.69, 9.17) is 0 Å². The highest BCUT2D eigenvalue weighted by Gasteiger charge is 2.30. The van der Waals surface area contributed by atoms with Crippen LogP contribution in [0.1, 0.15) is 77.6 Å². The highest BCUT2D eigenvalue weighted by atomic mass is 32.2. The number of hydrogen-bond donors (Lipinski definition) is 0. The number of amides is 1. The first-order chi connectivity index (χ1) is 12.6. The minimum atomic E-state index is -1.46. The molecule has 1 aliphatic heterocycles. The van der Waals surface area contributed by atoms with Crippen molar-refractivity contribution in [3.8, 4) is 0 Å². The number of thioether (sulfide) groups is 1. The number of carbonyl (C=O) groups is 2. The van der Waals surface area contributed by atoms with Crippen LogP contribution in [0.2, 0.25) is 0 Å². The molecule has 0 fully saturated rings. The van der Waals surface area contributed by atoms with Crippen LogP contribution in [0, 0.1) is 0 Å². The molecule has 1 rings (SSSR count). The van der Waals surface area contributed by atoms with Gasteiger partial charge in [-0.05, 0) is 12.2 Å². The molecule has 0 aliphatic carbocycles. The van der Waals surface area contributed by atoms with Crippen molar-refractivity contribution in [2.45, 2.75) is 77.6 Å². The van der Waals surface area contributed by atoms with Gasteiger partial charge in [0.2, 0.25) is 0 Å². The molecular formula is C19H33NO4S2. The fourth-order valence-corrected chi connectivity index (χ4v) is 5.30. The summed E-state index contributed by atoms with van der Waals surface area (Å²) in [5.74, 6) is 0.200. The van der Waals surface area contributed by atoms with Gasteiger partial charge in [-0.15, -0.1) is 11.8 Å². The summed E-state index contributed by atoms with van der Waals surface area (Å²) in [6, 6.07) is 0. The van der Waals surface area contributed by atoms with Gasteiger partial charge in [-0.2, -0.15) is 0 Å². The minimum absolute atomic E-state index is 0.0677. The van der Waals surface area contributed by atoms with Crippen LogP contribution < -0.4 is 0 Å². The average Bonchev–Trinajstić information content (AvgIpc) is 2.91. The number of rotatable bonds is 15. The van der Waals surface area contributed by atoms with Gasteiger partial charge in [-0.3, -0.25) is 13.9 Å². The van der Waals surface area contributed by atoms with Crippen LogP contribution in [0.5, 0.6) is 0 Å². The lowest BCUT2D eigenvalue weighted by Gasteiger charge is -2.14. The first-order valence-electron chi connectivity index (χ1n) is 9.74. The molecular weight excluding hydrogens is 370 g/mol. The van der Waals surface area contributed by atoms with E-state index in [0.717, 1.165) is 12.2 Å². The average molecular weight is 404 g/mol. The molecule has 0 spiro atoms. The molecule has 0 N–H and O–H groups in total. The molecule has 0 aromatic heterocycles. The van der Waals surface area contributed by atoms with Gasteiger partial charge in [0, 0.05) is 12.6 Å². The van der Waals surface area contributed by atoms with Crippen molar-refractivity contribution in [1.82, 2.24) is 4.31 Å². The number of nitrogens with zero attached hydrogens (tertiary/aromatic N) is 1. The second-order valence-corrected chi connectivity index (χ2v) is 9.28. The Morgan fingerprint density at radius 3 is 2.23 bits per heavy atom. The Morgan fingerprint density at radius 1 is 1.08 bits per heavy atom. The smallest absolute Gasteiger partial charge is 0.307 e. The monoisotopic (exact) mass is 403 g/mol. The number of methoxy groups -OCH3 is 1. The van der Waals surface area contributed by atoms with Crippen LogP contribution in [-0.2, 0) is 25.3 Å². The predicted molar refractivity (Wildman–Crippen MR) is 109 cm³/mol. The molecule has 0 radical (unpaired) electrons. The fraction of sp³-hybridized carbons (Fsp3) is 0.789. The molecule has 0 saturated heterocycles. The third kappa shape index (κ3) is 9.21. The van der Waals surface area contributed by atoms with E-state index >= 15 is 0 Å². The molecule has 0 aromatic carbocycles. The second kappa shape index (κ2) is 14.3. The van der Waals surface area contributed by atoms with E-state index < -0.39 is 17.0 Å². The molecule has 1 heterocycles. The zero-order valence-corrected chi connectivity index (χ0v) is 17.8. The van der Waals surface area contributed by atoms with Crippen LogP contribution in [0.25, 0.3) is 0 Å². The van der Waals surface area contributed by atoms with Gasteiger partial charge in [0.15, 0.2) is 11.0 Å². The predicted octanol–water partition coefficient (Wildman–Crippen LogP) is 4.55. The lowest BCUT2D eigenvalue weighted by atomic mass is 10.1. The van der Waals surface area contributed by atoms with E-state index in [2.05, 4.69) is 11.7 Å². The maximum Gasteiger partial charge on any atom is 0.307 e. The third-order valence-corrected chi connectivity index (χ3v) is 7.25. The summed E-state index contributed by atoms with van der Waals surface area (Å²) in [7, 11) is -0.159. The summed E-state index contributed by atoms with van der Waals surface area (Å²) < 4.78 is 18.7. The molecule has 1 atom stereocenters. The Hall–Kier alpha value is -0.820. The molecule has 1 aliphatic rings. The highest BCUT2D eigenvalue weighted by molar-refractivity contribution is 8.16. The van der Waals surface area contributed by atoms with Gasteiger partial charge in [-0.1, -0.05) is 64.7 Å². The van der Waals surface area contributed by atoms with E-state index in [0.29, 0.717) is 4.24 Å². The Bertz CT molecular complexity index is 494. The Balaban J connectivity index is 2.07. The summed E-state index contributed by atoms with van der Waals surface area (Å²) in [6.45, 7) is 2.38. The van der Waals surface area contributed by atoms with Gasteiger partial charge >= 0.3 is 5.97 Å². The highest BCUT2D eigenvalue weighted by Crippen LogP contribution is 2.29. The van der Waals surface area contributed by atoms with Crippen molar-refractivity contribution in [2.24, 2.45) is 0 Å². The molecule has 5 nitrogen and oxygen atoms in total. The first kappa shape index (κ1) is 23.2. The zero-order valence-electron chi connectivity index (χ0n) is 16.2. The number of esters is 1. The topological polar surface area (TPSA) is 63.7 Å². The Kier molecular flexibility index (Phi) is 12.7. The first-order valence-corrected chi connectivity index (χ1v) is 11.8. The van der Waals surface area contributed by atoms with Crippen molar-refractivity contribution in [3.05, 3.63) is 10.3 Å². The zero-order chi connectivity index (χ0) is 19.2. The van der Waals surface area contributed by atoms with Crippen molar-refractivity contribution in [3.63, 3.8) is 0 Å². The molecule has 0 aromatic rings. The maximum absolute atomic E-state index is 12.3. The molecule has 0 saturated carbocycles. The van der Waals surface area contributed by atoms with Crippen molar-refractivity contribution in [2.75, 3.05) is 19.4 Å². The third-order valence-electron chi connectivity index (χ3n) is 4.35. The van der Waals surface area contributed by atoms with Crippen LogP contribution >= 0.6 is 11.8 Å². The lowest BCUT2D eigenvalue weighted by Crippen LogP contribution is -2.29. The molecule has 26 heavy (non-hydrogen) atoms. The van der Waals surface area contributed by atoms with Gasteiger partial charge in [0.25, 0.3) is 5.91 Å². The number of ether oxygens (including phenoxy) is 1. The van der Waals surface area contributed by atoms with Gasteiger partial charge in [0.1, 0.15) is 0 Å². The largest absolute Gasteiger partial charge is 0.469 e. The summed E-state index contributed by atoms with van der Waals surface area (Å²) in [5.41, 5.74) is 0. The van der Waals surface area contributed by atoms with Gasteiger partial charge < -0.3 is 4.74 Å². The molecule has 1 unspecified atom stereocenters. The SMILES string of the molecule is CCCCCCCCCCCCSC1=CC(=O)N(CCC(=O)OC)S1=O. The van der Waals surface area contributed by atoms with Crippen molar-refractivity contribution in [1.29, 1.82) is 0 Å². The van der Waals surface area contributed by atoms with Crippen LogP contribution in [-0.4, -0.2) is 39.8 Å².